The lowest BCUT2D eigenvalue weighted by Gasteiger charge is -2.29. The molecule has 2 aliphatic heterocycles. The van der Waals surface area contributed by atoms with Crippen LogP contribution in [0.4, 0.5) is 0 Å². The SMILES string of the molecule is O=C1c2oc3ccccc3c(=O)c2[C@@H](c2ccc(Cl)c(Cl)c2)N1CCCN1CCOCC1. The van der Waals surface area contributed by atoms with E-state index in [0.29, 0.717) is 33.1 Å². The van der Waals surface area contributed by atoms with Crippen LogP contribution in [0.25, 0.3) is 11.0 Å². The van der Waals surface area contributed by atoms with E-state index in [1.807, 2.05) is 6.07 Å². The predicted octanol–water partition coefficient (Wildman–Crippen LogP) is 4.37. The number of hydrogen-bond donors (Lipinski definition) is 0. The van der Waals surface area contributed by atoms with E-state index >= 15 is 0 Å². The number of nitrogens with zero attached hydrogens (tertiary/aromatic N) is 2. The number of ether oxygens (including phenoxy) is 1. The molecular weight excluding hydrogens is 451 g/mol. The lowest BCUT2D eigenvalue weighted by Crippen LogP contribution is -2.38. The number of benzene rings is 2. The van der Waals surface area contributed by atoms with Crippen LogP contribution in [0.15, 0.2) is 51.7 Å². The van der Waals surface area contributed by atoms with Crippen LogP contribution in [0.2, 0.25) is 10.0 Å². The summed E-state index contributed by atoms with van der Waals surface area (Å²) in [7, 11) is 0. The number of amides is 1. The molecule has 0 unspecified atom stereocenters. The molecule has 1 saturated heterocycles. The summed E-state index contributed by atoms with van der Waals surface area (Å²) in [4.78, 5) is 30.9. The zero-order valence-electron chi connectivity index (χ0n) is 17.4. The molecule has 6 nitrogen and oxygen atoms in total. The maximum Gasteiger partial charge on any atom is 0.290 e. The van der Waals surface area contributed by atoms with Gasteiger partial charge in [-0.1, -0.05) is 41.4 Å². The van der Waals surface area contributed by atoms with Crippen LogP contribution in [0.5, 0.6) is 0 Å². The first-order valence-electron chi connectivity index (χ1n) is 10.7. The highest BCUT2D eigenvalue weighted by Gasteiger charge is 2.42. The highest BCUT2D eigenvalue weighted by atomic mass is 35.5. The average molecular weight is 473 g/mol. The largest absolute Gasteiger partial charge is 0.450 e. The molecule has 32 heavy (non-hydrogen) atoms. The summed E-state index contributed by atoms with van der Waals surface area (Å²) >= 11 is 12.4. The number of halogens is 2. The van der Waals surface area contributed by atoms with Gasteiger partial charge in [0, 0.05) is 26.2 Å². The van der Waals surface area contributed by atoms with Gasteiger partial charge >= 0.3 is 0 Å². The minimum Gasteiger partial charge on any atom is -0.450 e. The number of para-hydroxylation sites is 1. The second-order valence-electron chi connectivity index (χ2n) is 8.05. The van der Waals surface area contributed by atoms with Crippen LogP contribution >= 0.6 is 23.2 Å². The van der Waals surface area contributed by atoms with Crippen LogP contribution in [0, 0.1) is 0 Å². The molecule has 1 atom stereocenters. The molecule has 3 aromatic rings. The fraction of sp³-hybridized carbons (Fsp3) is 0.333. The van der Waals surface area contributed by atoms with Gasteiger partial charge in [0.25, 0.3) is 5.91 Å². The van der Waals surface area contributed by atoms with E-state index in [0.717, 1.165) is 44.8 Å². The van der Waals surface area contributed by atoms with Gasteiger partial charge in [-0.2, -0.15) is 0 Å². The normalized spacial score (nSPS) is 19.0. The standard InChI is InChI=1S/C24H22Cl2N2O4/c25-17-7-6-15(14-18(17)26)21-20-22(29)16-4-1-2-5-19(16)32-23(20)24(30)28(21)9-3-8-27-10-12-31-13-11-27/h1-2,4-7,14,21H,3,8-13H2/t21-/m1/s1. The van der Waals surface area contributed by atoms with Crippen LogP contribution in [0.3, 0.4) is 0 Å². The summed E-state index contributed by atoms with van der Waals surface area (Å²) in [6.07, 6.45) is 0.769. The van der Waals surface area contributed by atoms with Crippen molar-refractivity contribution in [3.63, 3.8) is 0 Å². The third-order valence-corrected chi connectivity index (χ3v) is 6.85. The van der Waals surface area contributed by atoms with Gasteiger partial charge in [0.1, 0.15) is 5.58 Å². The Kier molecular flexibility index (Phi) is 5.95. The lowest BCUT2D eigenvalue weighted by molar-refractivity contribution is 0.0353. The monoisotopic (exact) mass is 472 g/mol. The van der Waals surface area contributed by atoms with E-state index in [9.17, 15) is 9.59 Å². The van der Waals surface area contributed by atoms with Gasteiger partial charge in [-0.15, -0.1) is 0 Å². The van der Waals surface area contributed by atoms with Crippen molar-refractivity contribution in [2.24, 2.45) is 0 Å². The van der Waals surface area contributed by atoms with Crippen LogP contribution < -0.4 is 5.43 Å². The molecule has 1 aromatic heterocycles. The maximum absolute atomic E-state index is 13.4. The minimum atomic E-state index is -0.571. The summed E-state index contributed by atoms with van der Waals surface area (Å²) in [6, 6.07) is 11.7. The topological polar surface area (TPSA) is 63.0 Å². The van der Waals surface area contributed by atoms with Crippen molar-refractivity contribution >= 4 is 40.1 Å². The van der Waals surface area contributed by atoms with E-state index in [1.165, 1.54) is 0 Å². The first-order chi connectivity index (χ1) is 15.5. The molecule has 0 saturated carbocycles. The first-order valence-corrected chi connectivity index (χ1v) is 11.4. The highest BCUT2D eigenvalue weighted by molar-refractivity contribution is 6.42. The molecule has 0 aliphatic carbocycles. The Bertz CT molecular complexity index is 1240. The van der Waals surface area contributed by atoms with Crippen molar-refractivity contribution in [2.75, 3.05) is 39.4 Å². The highest BCUT2D eigenvalue weighted by Crippen LogP contribution is 2.39. The Morgan fingerprint density at radius 2 is 1.75 bits per heavy atom. The Balaban J connectivity index is 1.54. The van der Waals surface area contributed by atoms with E-state index < -0.39 is 6.04 Å². The van der Waals surface area contributed by atoms with E-state index in [2.05, 4.69) is 4.90 Å². The smallest absolute Gasteiger partial charge is 0.290 e. The Morgan fingerprint density at radius 3 is 2.53 bits per heavy atom. The second kappa shape index (κ2) is 8.87. The molecular formula is C24H22Cl2N2O4. The Labute approximate surface area is 195 Å². The number of carbonyl (C=O) groups is 1. The molecule has 2 aromatic carbocycles. The summed E-state index contributed by atoms with van der Waals surface area (Å²) in [6.45, 7) is 4.56. The van der Waals surface area contributed by atoms with Crippen molar-refractivity contribution in [3.05, 3.63) is 79.6 Å². The third kappa shape index (κ3) is 3.82. The molecule has 166 valence electrons. The van der Waals surface area contributed by atoms with Gasteiger partial charge in [-0.05, 0) is 36.2 Å². The zero-order valence-corrected chi connectivity index (χ0v) is 18.9. The molecule has 0 N–H and O–H groups in total. The predicted molar refractivity (Wildman–Crippen MR) is 124 cm³/mol. The van der Waals surface area contributed by atoms with Gasteiger partial charge < -0.3 is 14.1 Å². The molecule has 1 amide bonds. The zero-order chi connectivity index (χ0) is 22.2. The van der Waals surface area contributed by atoms with Crippen LogP contribution in [0.1, 0.15) is 34.1 Å². The molecule has 2 aliphatic rings. The van der Waals surface area contributed by atoms with Crippen molar-refractivity contribution in [3.8, 4) is 0 Å². The minimum absolute atomic E-state index is 0.108. The molecule has 3 heterocycles. The van der Waals surface area contributed by atoms with Crippen molar-refractivity contribution in [2.45, 2.75) is 12.5 Å². The molecule has 1 fully saturated rings. The Morgan fingerprint density at radius 1 is 0.969 bits per heavy atom. The van der Waals surface area contributed by atoms with Crippen LogP contribution in [-0.2, 0) is 4.74 Å². The Hall–Kier alpha value is -2.38. The van der Waals surface area contributed by atoms with Crippen molar-refractivity contribution in [1.29, 1.82) is 0 Å². The van der Waals surface area contributed by atoms with E-state index in [-0.39, 0.29) is 17.1 Å². The van der Waals surface area contributed by atoms with Gasteiger partial charge in [0.05, 0.1) is 40.3 Å². The molecule has 0 bridgehead atoms. The molecule has 8 heteroatoms. The second-order valence-corrected chi connectivity index (χ2v) is 8.87. The third-order valence-electron chi connectivity index (χ3n) is 6.11. The van der Waals surface area contributed by atoms with Crippen molar-refractivity contribution in [1.82, 2.24) is 9.80 Å². The van der Waals surface area contributed by atoms with Gasteiger partial charge in [0.15, 0.2) is 5.43 Å². The average Bonchev–Trinajstić information content (AvgIpc) is 3.09. The number of carbonyl (C=O) groups excluding carboxylic acids is 1. The number of rotatable bonds is 5. The molecule has 5 rings (SSSR count). The maximum atomic E-state index is 13.4. The summed E-state index contributed by atoms with van der Waals surface area (Å²) in [5.74, 6) is -0.169. The van der Waals surface area contributed by atoms with E-state index in [1.54, 1.807) is 41.3 Å². The van der Waals surface area contributed by atoms with Gasteiger partial charge in [0.2, 0.25) is 5.76 Å². The number of fused-ring (bicyclic) bond motifs is 2. The fourth-order valence-corrected chi connectivity index (χ4v) is 4.82. The molecule has 0 spiro atoms. The summed E-state index contributed by atoms with van der Waals surface area (Å²) in [5.41, 5.74) is 1.31. The summed E-state index contributed by atoms with van der Waals surface area (Å²) < 4.78 is 11.4. The number of hydrogen-bond acceptors (Lipinski definition) is 5. The van der Waals surface area contributed by atoms with Crippen molar-refractivity contribution < 1.29 is 13.9 Å². The summed E-state index contributed by atoms with van der Waals surface area (Å²) in [5, 5.41) is 1.26. The van der Waals surface area contributed by atoms with E-state index in [4.69, 9.17) is 32.4 Å². The molecule has 0 radical (unpaired) electrons. The fourth-order valence-electron chi connectivity index (χ4n) is 4.52. The lowest BCUT2D eigenvalue weighted by atomic mass is 9.98. The quantitative estimate of drug-likeness (QED) is 0.551. The van der Waals surface area contributed by atoms with Gasteiger partial charge in [-0.25, -0.2) is 0 Å². The van der Waals surface area contributed by atoms with Gasteiger partial charge in [-0.3, -0.25) is 14.5 Å². The first kappa shape index (κ1) is 21.5. The van der Waals surface area contributed by atoms with Crippen LogP contribution in [-0.4, -0.2) is 55.1 Å². The number of morpholine rings is 1.